The fourth-order valence-electron chi connectivity index (χ4n) is 2.14. The maximum Gasteiger partial charge on any atom is 0.270 e. The second kappa shape index (κ2) is 6.37. The average molecular weight is 335 g/mol. The molecule has 0 atom stereocenters. The molecule has 1 heterocycles. The van der Waals surface area contributed by atoms with Crippen molar-refractivity contribution in [2.24, 2.45) is 5.92 Å². The maximum atomic E-state index is 12.5. The van der Waals surface area contributed by atoms with Gasteiger partial charge in [-0.15, -0.1) is 0 Å². The van der Waals surface area contributed by atoms with Gasteiger partial charge in [-0.3, -0.25) is 4.79 Å². The molecule has 0 radical (unpaired) electrons. The van der Waals surface area contributed by atoms with E-state index in [-0.39, 0.29) is 10.8 Å². The molecule has 6 nitrogen and oxygen atoms in total. The first-order valence-corrected chi connectivity index (χ1v) is 9.03. The van der Waals surface area contributed by atoms with Crippen molar-refractivity contribution in [1.29, 1.82) is 0 Å². The number of aromatic nitrogens is 1. The van der Waals surface area contributed by atoms with Gasteiger partial charge in [-0.25, -0.2) is 8.42 Å². The van der Waals surface area contributed by atoms with E-state index >= 15 is 0 Å². The van der Waals surface area contributed by atoms with E-state index in [2.05, 4.69) is 0 Å². The zero-order valence-corrected chi connectivity index (χ0v) is 13.7. The number of methoxy groups -OCH3 is 1. The highest BCUT2D eigenvalue weighted by Gasteiger charge is 2.27. The smallest absolute Gasteiger partial charge is 0.270 e. The number of carbonyl (C=O) groups excluding carboxylic acids is 1. The molecule has 1 fully saturated rings. The monoisotopic (exact) mass is 334 g/mol. The molecule has 1 aliphatic rings. The Morgan fingerprint density at radius 2 is 2.19 bits per heavy atom. The van der Waals surface area contributed by atoms with Crippen LogP contribution >= 0.6 is 10.7 Å². The van der Waals surface area contributed by atoms with Gasteiger partial charge in [0.25, 0.3) is 15.0 Å². The van der Waals surface area contributed by atoms with Crippen molar-refractivity contribution >= 4 is 25.6 Å². The molecule has 0 unspecified atom stereocenters. The summed E-state index contributed by atoms with van der Waals surface area (Å²) >= 11 is 0. The quantitative estimate of drug-likeness (QED) is 0.709. The number of halogens is 1. The van der Waals surface area contributed by atoms with Gasteiger partial charge in [-0.1, -0.05) is 0 Å². The van der Waals surface area contributed by atoms with Gasteiger partial charge in [0.2, 0.25) is 0 Å². The Morgan fingerprint density at radius 1 is 1.52 bits per heavy atom. The summed E-state index contributed by atoms with van der Waals surface area (Å²) in [7, 11) is 4.77. The van der Waals surface area contributed by atoms with Crippen molar-refractivity contribution in [2.45, 2.75) is 24.3 Å². The lowest BCUT2D eigenvalue weighted by atomic mass is 10.3. The largest absolute Gasteiger partial charge is 0.383 e. The summed E-state index contributed by atoms with van der Waals surface area (Å²) in [6.45, 7) is 1.46. The molecule has 0 saturated heterocycles. The Morgan fingerprint density at radius 3 is 2.71 bits per heavy atom. The minimum absolute atomic E-state index is 0.0663. The van der Waals surface area contributed by atoms with Crippen LogP contribution in [-0.4, -0.2) is 51.1 Å². The number of carbonyl (C=O) groups is 1. The Bertz CT molecular complexity index is 622. The molecule has 0 aromatic carbocycles. The molecule has 1 aromatic rings. The highest BCUT2D eigenvalue weighted by atomic mass is 35.7. The van der Waals surface area contributed by atoms with Crippen molar-refractivity contribution in [3.8, 4) is 0 Å². The number of rotatable bonds is 7. The summed E-state index contributed by atoms with van der Waals surface area (Å²) in [5.74, 6) is 0.363. The van der Waals surface area contributed by atoms with Crippen molar-refractivity contribution in [2.75, 3.05) is 27.3 Å². The normalized spacial score (nSPS) is 15.2. The van der Waals surface area contributed by atoms with Crippen LogP contribution in [-0.2, 0) is 20.3 Å². The van der Waals surface area contributed by atoms with Crippen LogP contribution in [0.25, 0.3) is 0 Å². The standard InChI is InChI=1S/C13H19ClN2O4S/c1-15(8-10-3-4-10)13(17)12-7-11(21(14,18)19)9-16(12)5-6-20-2/h7,9-10H,3-6,8H2,1-2H3. The van der Waals surface area contributed by atoms with E-state index in [1.807, 2.05) is 0 Å². The minimum Gasteiger partial charge on any atom is -0.383 e. The molecule has 118 valence electrons. The van der Waals surface area contributed by atoms with Crippen LogP contribution in [0.2, 0.25) is 0 Å². The third-order valence-electron chi connectivity index (χ3n) is 3.48. The van der Waals surface area contributed by atoms with Gasteiger partial charge in [-0.2, -0.15) is 0 Å². The molecule has 1 aromatic heterocycles. The summed E-state index contributed by atoms with van der Waals surface area (Å²) in [6.07, 6.45) is 3.66. The number of hydrogen-bond acceptors (Lipinski definition) is 4. The van der Waals surface area contributed by atoms with Gasteiger partial charge < -0.3 is 14.2 Å². The highest BCUT2D eigenvalue weighted by Crippen LogP contribution is 2.30. The Hall–Kier alpha value is -1.05. The molecule has 1 aliphatic carbocycles. The van der Waals surface area contributed by atoms with Crippen LogP contribution < -0.4 is 0 Å². The third-order valence-corrected chi connectivity index (χ3v) is 4.80. The lowest BCUT2D eigenvalue weighted by molar-refractivity contribution is 0.0775. The van der Waals surface area contributed by atoms with Crippen molar-refractivity contribution in [3.05, 3.63) is 18.0 Å². The predicted octanol–water partition coefficient (Wildman–Crippen LogP) is 1.54. The molecular formula is C13H19ClN2O4S. The fourth-order valence-corrected chi connectivity index (χ4v) is 2.90. The lowest BCUT2D eigenvalue weighted by Gasteiger charge is -2.18. The molecule has 1 saturated carbocycles. The summed E-state index contributed by atoms with van der Waals surface area (Å²) in [4.78, 5) is 14.0. The topological polar surface area (TPSA) is 68.6 Å². The minimum atomic E-state index is -3.86. The van der Waals surface area contributed by atoms with Gasteiger partial charge >= 0.3 is 0 Å². The molecule has 0 spiro atoms. The van der Waals surface area contributed by atoms with Crippen molar-refractivity contribution < 1.29 is 17.9 Å². The van der Waals surface area contributed by atoms with E-state index in [9.17, 15) is 13.2 Å². The van der Waals surface area contributed by atoms with Crippen LogP contribution in [0, 0.1) is 5.92 Å². The highest BCUT2D eigenvalue weighted by molar-refractivity contribution is 8.13. The molecule has 0 N–H and O–H groups in total. The average Bonchev–Trinajstić information content (AvgIpc) is 3.10. The molecule has 2 rings (SSSR count). The predicted molar refractivity (Wildman–Crippen MR) is 79.0 cm³/mol. The molecule has 0 bridgehead atoms. The van der Waals surface area contributed by atoms with E-state index in [4.69, 9.17) is 15.4 Å². The second-order valence-electron chi connectivity index (χ2n) is 5.31. The van der Waals surface area contributed by atoms with Gasteiger partial charge in [0.05, 0.1) is 6.61 Å². The second-order valence-corrected chi connectivity index (χ2v) is 7.88. The van der Waals surface area contributed by atoms with Crippen LogP contribution in [0.4, 0.5) is 0 Å². The first-order chi connectivity index (χ1) is 9.82. The van der Waals surface area contributed by atoms with Crippen LogP contribution in [0.3, 0.4) is 0 Å². The first kappa shape index (κ1) is 16.3. The lowest BCUT2D eigenvalue weighted by Crippen LogP contribution is -2.30. The summed E-state index contributed by atoms with van der Waals surface area (Å²) in [5.41, 5.74) is 0.314. The first-order valence-electron chi connectivity index (χ1n) is 6.72. The van der Waals surface area contributed by atoms with E-state index in [0.717, 1.165) is 12.8 Å². The Labute approximate surface area is 129 Å². The van der Waals surface area contributed by atoms with Crippen LogP contribution in [0.5, 0.6) is 0 Å². The van der Waals surface area contributed by atoms with Crippen molar-refractivity contribution in [1.82, 2.24) is 9.47 Å². The molecule has 21 heavy (non-hydrogen) atoms. The van der Waals surface area contributed by atoms with E-state index in [1.165, 1.54) is 12.3 Å². The van der Waals surface area contributed by atoms with Crippen LogP contribution in [0.1, 0.15) is 23.3 Å². The van der Waals surface area contributed by atoms with Crippen LogP contribution in [0.15, 0.2) is 17.2 Å². The van der Waals surface area contributed by atoms with Gasteiger partial charge in [0.15, 0.2) is 0 Å². The zero-order chi connectivity index (χ0) is 15.6. The van der Waals surface area contributed by atoms with E-state index in [0.29, 0.717) is 31.3 Å². The van der Waals surface area contributed by atoms with Crippen molar-refractivity contribution in [3.63, 3.8) is 0 Å². The summed E-state index contributed by atoms with van der Waals surface area (Å²) in [6, 6.07) is 1.32. The SMILES string of the molecule is COCCn1cc(S(=O)(=O)Cl)cc1C(=O)N(C)CC1CC1. The molecule has 8 heteroatoms. The number of hydrogen-bond donors (Lipinski definition) is 0. The molecule has 1 amide bonds. The molecular weight excluding hydrogens is 316 g/mol. The third kappa shape index (κ3) is 4.21. The van der Waals surface area contributed by atoms with Gasteiger partial charge in [-0.05, 0) is 24.8 Å². The fraction of sp³-hybridized carbons (Fsp3) is 0.615. The maximum absolute atomic E-state index is 12.5. The number of nitrogens with zero attached hydrogens (tertiary/aromatic N) is 2. The van der Waals surface area contributed by atoms with E-state index < -0.39 is 9.05 Å². The number of amides is 1. The zero-order valence-electron chi connectivity index (χ0n) is 12.1. The number of ether oxygens (including phenoxy) is 1. The van der Waals surface area contributed by atoms with E-state index in [1.54, 1.807) is 23.6 Å². The Kier molecular flexibility index (Phi) is 4.95. The molecule has 0 aliphatic heterocycles. The van der Waals surface area contributed by atoms with Gasteiger partial charge in [0.1, 0.15) is 10.6 Å². The Balaban J connectivity index is 2.25. The van der Waals surface area contributed by atoms with Gasteiger partial charge in [0, 0.05) is 44.1 Å². The summed E-state index contributed by atoms with van der Waals surface area (Å²) < 4.78 is 29.5. The summed E-state index contributed by atoms with van der Waals surface area (Å²) in [5, 5.41) is 0.